The quantitative estimate of drug-likeness (QED) is 0.479. The highest BCUT2D eigenvalue weighted by atomic mass is 35.5. The number of hydrogen-bond acceptors (Lipinski definition) is 3. The summed E-state index contributed by atoms with van der Waals surface area (Å²) < 4.78 is 0. The van der Waals surface area contributed by atoms with Gasteiger partial charge in [0.25, 0.3) is 11.1 Å². The van der Waals surface area contributed by atoms with Crippen molar-refractivity contribution < 1.29 is 9.59 Å². The van der Waals surface area contributed by atoms with Gasteiger partial charge in [0.15, 0.2) is 0 Å². The predicted octanol–water partition coefficient (Wildman–Crippen LogP) is 6.29. The van der Waals surface area contributed by atoms with Crippen LogP contribution in [0, 0.1) is 0 Å². The average Bonchev–Trinajstić information content (AvgIpc) is 2.97. The Kier molecular flexibility index (Phi) is 5.33. The van der Waals surface area contributed by atoms with Crippen LogP contribution in [0.2, 0.25) is 5.02 Å². The molecule has 0 bridgehead atoms. The second-order valence-corrected chi connectivity index (χ2v) is 7.71. The fourth-order valence-corrected chi connectivity index (χ4v) is 4.09. The molecule has 3 nitrogen and oxygen atoms in total. The van der Waals surface area contributed by atoms with Crippen molar-refractivity contribution in [3.8, 4) is 0 Å². The molecule has 1 saturated heterocycles. The molecule has 5 heteroatoms. The number of imide groups is 1. The lowest BCUT2D eigenvalue weighted by atomic mass is 10.0. The zero-order valence-electron chi connectivity index (χ0n) is 14.8. The Labute approximate surface area is 172 Å². The van der Waals surface area contributed by atoms with Gasteiger partial charge in [-0.1, -0.05) is 84.4 Å². The molecule has 3 aromatic carbocycles. The van der Waals surface area contributed by atoms with Crippen LogP contribution in [0.1, 0.15) is 11.1 Å². The lowest BCUT2D eigenvalue weighted by molar-refractivity contribution is -0.123. The SMILES string of the molecule is O=C1S/C(=C\C=C\c2ccccc2Cl)C(=O)N1Cc1cccc2ccccc12. The van der Waals surface area contributed by atoms with Crippen molar-refractivity contribution in [3.63, 3.8) is 0 Å². The van der Waals surface area contributed by atoms with Gasteiger partial charge in [-0.25, -0.2) is 0 Å². The highest BCUT2D eigenvalue weighted by Gasteiger charge is 2.34. The fourth-order valence-electron chi connectivity index (χ4n) is 3.10. The first-order valence-corrected chi connectivity index (χ1v) is 9.96. The molecule has 0 radical (unpaired) electrons. The van der Waals surface area contributed by atoms with E-state index in [2.05, 4.69) is 0 Å². The Balaban J connectivity index is 1.55. The van der Waals surface area contributed by atoms with Gasteiger partial charge in [-0.3, -0.25) is 14.5 Å². The van der Waals surface area contributed by atoms with E-state index in [0.717, 1.165) is 33.7 Å². The van der Waals surface area contributed by atoms with E-state index in [4.69, 9.17) is 11.6 Å². The molecule has 0 atom stereocenters. The highest BCUT2D eigenvalue weighted by Crippen LogP contribution is 2.33. The molecular formula is C23H16ClNO2S. The molecule has 28 heavy (non-hydrogen) atoms. The van der Waals surface area contributed by atoms with Gasteiger partial charge in [0.05, 0.1) is 11.4 Å². The van der Waals surface area contributed by atoms with Crippen LogP contribution in [0.15, 0.2) is 83.8 Å². The molecular weight excluding hydrogens is 390 g/mol. The molecule has 3 aromatic rings. The third-order valence-corrected chi connectivity index (χ3v) is 5.78. The van der Waals surface area contributed by atoms with Crippen LogP contribution in [0.3, 0.4) is 0 Å². The van der Waals surface area contributed by atoms with Crippen molar-refractivity contribution in [1.82, 2.24) is 4.90 Å². The minimum absolute atomic E-state index is 0.254. The summed E-state index contributed by atoms with van der Waals surface area (Å²) in [6.45, 7) is 0.261. The van der Waals surface area contributed by atoms with Gasteiger partial charge >= 0.3 is 0 Å². The number of carbonyl (C=O) groups excluding carboxylic acids is 2. The summed E-state index contributed by atoms with van der Waals surface area (Å²) in [6.07, 6.45) is 5.23. The van der Waals surface area contributed by atoms with E-state index < -0.39 is 0 Å². The smallest absolute Gasteiger partial charge is 0.268 e. The number of fused-ring (bicyclic) bond motifs is 1. The molecule has 1 heterocycles. The van der Waals surface area contributed by atoms with Gasteiger partial charge in [-0.05, 0) is 45.8 Å². The van der Waals surface area contributed by atoms with Crippen LogP contribution in [-0.2, 0) is 11.3 Å². The molecule has 138 valence electrons. The molecule has 1 fully saturated rings. The minimum Gasteiger partial charge on any atom is -0.268 e. The molecule has 0 aromatic heterocycles. The third kappa shape index (κ3) is 3.75. The third-order valence-electron chi connectivity index (χ3n) is 4.51. The molecule has 1 aliphatic rings. The Bertz CT molecular complexity index is 1130. The van der Waals surface area contributed by atoms with Crippen LogP contribution in [-0.4, -0.2) is 16.0 Å². The van der Waals surface area contributed by atoms with Crippen molar-refractivity contribution >= 4 is 51.4 Å². The van der Waals surface area contributed by atoms with Crippen LogP contribution < -0.4 is 0 Å². The Morgan fingerprint density at radius 1 is 0.929 bits per heavy atom. The Hall–Kier alpha value is -2.82. The van der Waals surface area contributed by atoms with E-state index in [0.29, 0.717) is 9.93 Å². The second kappa shape index (κ2) is 8.05. The van der Waals surface area contributed by atoms with E-state index in [1.54, 1.807) is 18.2 Å². The van der Waals surface area contributed by atoms with Gasteiger partial charge in [0.1, 0.15) is 0 Å². The van der Waals surface area contributed by atoms with E-state index in [-0.39, 0.29) is 17.7 Å². The lowest BCUT2D eigenvalue weighted by Crippen LogP contribution is -2.27. The average molecular weight is 406 g/mol. The maximum atomic E-state index is 12.7. The number of hydrogen-bond donors (Lipinski definition) is 0. The first kappa shape index (κ1) is 18.5. The Morgan fingerprint density at radius 2 is 1.68 bits per heavy atom. The van der Waals surface area contributed by atoms with Crippen molar-refractivity contribution in [2.75, 3.05) is 0 Å². The molecule has 2 amide bonds. The number of halogens is 1. The first-order valence-electron chi connectivity index (χ1n) is 8.77. The van der Waals surface area contributed by atoms with E-state index in [9.17, 15) is 9.59 Å². The normalized spacial score (nSPS) is 16.0. The maximum Gasteiger partial charge on any atom is 0.293 e. The summed E-state index contributed by atoms with van der Waals surface area (Å²) in [5.74, 6) is -0.272. The molecule has 4 rings (SSSR count). The predicted molar refractivity (Wildman–Crippen MR) is 116 cm³/mol. The summed E-state index contributed by atoms with van der Waals surface area (Å²) >= 11 is 7.09. The number of rotatable bonds is 4. The summed E-state index contributed by atoms with van der Waals surface area (Å²) in [4.78, 5) is 26.8. The summed E-state index contributed by atoms with van der Waals surface area (Å²) in [6, 6.07) is 21.3. The number of benzene rings is 3. The van der Waals surface area contributed by atoms with Crippen molar-refractivity contribution in [2.24, 2.45) is 0 Å². The van der Waals surface area contributed by atoms with Crippen LogP contribution in [0.4, 0.5) is 4.79 Å². The van der Waals surface area contributed by atoms with Crippen molar-refractivity contribution in [3.05, 3.63) is 99.9 Å². The number of amides is 2. The van der Waals surface area contributed by atoms with Gasteiger partial charge < -0.3 is 0 Å². The molecule has 0 unspecified atom stereocenters. The fraction of sp³-hybridized carbons (Fsp3) is 0.0435. The second-order valence-electron chi connectivity index (χ2n) is 6.31. The minimum atomic E-state index is -0.272. The monoisotopic (exact) mass is 405 g/mol. The topological polar surface area (TPSA) is 37.4 Å². The number of nitrogens with zero attached hydrogens (tertiary/aromatic N) is 1. The Morgan fingerprint density at radius 3 is 2.54 bits per heavy atom. The number of allylic oxidation sites excluding steroid dienone is 2. The number of carbonyl (C=O) groups is 2. The first-order chi connectivity index (χ1) is 13.6. The standard InChI is InChI=1S/C23H16ClNO2S/c24-20-13-4-2-8-17(20)10-6-14-21-22(26)25(23(27)28-21)15-18-11-5-9-16-7-1-3-12-19(16)18/h1-14H,15H2/b10-6+,21-14-. The molecule has 0 saturated carbocycles. The van der Waals surface area contributed by atoms with E-state index in [1.807, 2.05) is 66.7 Å². The van der Waals surface area contributed by atoms with Crippen LogP contribution >= 0.6 is 23.4 Å². The zero-order valence-corrected chi connectivity index (χ0v) is 16.4. The maximum absolute atomic E-state index is 12.7. The molecule has 0 spiro atoms. The van der Waals surface area contributed by atoms with Crippen molar-refractivity contribution in [1.29, 1.82) is 0 Å². The van der Waals surface area contributed by atoms with Crippen molar-refractivity contribution in [2.45, 2.75) is 6.54 Å². The van der Waals surface area contributed by atoms with Gasteiger partial charge in [0, 0.05) is 5.02 Å². The largest absolute Gasteiger partial charge is 0.293 e. The van der Waals surface area contributed by atoms with Crippen LogP contribution in [0.5, 0.6) is 0 Å². The van der Waals surface area contributed by atoms with E-state index in [1.165, 1.54) is 4.90 Å². The summed E-state index contributed by atoms with van der Waals surface area (Å²) in [7, 11) is 0. The van der Waals surface area contributed by atoms with Gasteiger partial charge in [0.2, 0.25) is 0 Å². The van der Waals surface area contributed by atoms with E-state index >= 15 is 0 Å². The highest BCUT2D eigenvalue weighted by molar-refractivity contribution is 8.18. The molecule has 0 N–H and O–H groups in total. The molecule has 0 aliphatic carbocycles. The zero-order chi connectivity index (χ0) is 19.5. The lowest BCUT2D eigenvalue weighted by Gasteiger charge is -2.14. The summed E-state index contributed by atoms with van der Waals surface area (Å²) in [5, 5.41) is 2.52. The molecule has 1 aliphatic heterocycles. The van der Waals surface area contributed by atoms with Gasteiger partial charge in [-0.15, -0.1) is 0 Å². The summed E-state index contributed by atoms with van der Waals surface area (Å²) in [5.41, 5.74) is 1.81. The number of thioether (sulfide) groups is 1. The van der Waals surface area contributed by atoms with Crippen LogP contribution in [0.25, 0.3) is 16.8 Å². The van der Waals surface area contributed by atoms with Gasteiger partial charge in [-0.2, -0.15) is 0 Å².